The van der Waals surface area contributed by atoms with Crippen LogP contribution in [-0.4, -0.2) is 24.2 Å². The van der Waals surface area contributed by atoms with Crippen LogP contribution in [0.15, 0.2) is 18.5 Å². The number of hydrogen-bond acceptors (Lipinski definition) is 3. The van der Waals surface area contributed by atoms with Crippen molar-refractivity contribution in [3.8, 4) is 17.6 Å². The van der Waals surface area contributed by atoms with Gasteiger partial charge in [0.1, 0.15) is 12.4 Å². The Hall–Kier alpha value is -0.950. The minimum Gasteiger partial charge on any atom is -0.490 e. The van der Waals surface area contributed by atoms with Gasteiger partial charge >= 0.3 is 0 Å². The normalized spacial score (nSPS) is 15.8. The fraction of sp³-hybridized carbons (Fsp3) is 0.611. The van der Waals surface area contributed by atoms with Crippen molar-refractivity contribution in [3.63, 3.8) is 0 Å². The molecule has 0 unspecified atom stereocenters. The highest BCUT2D eigenvalue weighted by Gasteiger charge is 2.14. The molecule has 2 rings (SSSR count). The van der Waals surface area contributed by atoms with Crippen LogP contribution in [0, 0.1) is 11.8 Å². The second-order valence-electron chi connectivity index (χ2n) is 5.63. The highest BCUT2D eigenvalue weighted by molar-refractivity contribution is 5.85. The van der Waals surface area contributed by atoms with Crippen molar-refractivity contribution in [2.45, 2.75) is 57.9 Å². The summed E-state index contributed by atoms with van der Waals surface area (Å²) in [5.74, 6) is 7.23. The van der Waals surface area contributed by atoms with E-state index in [0.29, 0.717) is 6.04 Å². The molecule has 0 aliphatic carbocycles. The molecule has 0 bridgehead atoms. The van der Waals surface area contributed by atoms with Gasteiger partial charge in [-0.2, -0.15) is 0 Å². The number of aromatic nitrogens is 1. The van der Waals surface area contributed by atoms with Gasteiger partial charge in [-0.25, -0.2) is 0 Å². The molecule has 1 saturated heterocycles. The predicted molar refractivity (Wildman–Crippen MR) is 101 cm³/mol. The predicted octanol–water partition coefficient (Wildman–Crippen LogP) is 4.38. The summed E-state index contributed by atoms with van der Waals surface area (Å²) < 4.78 is 5.80. The Kier molecular flexibility index (Phi) is 12.9. The Morgan fingerprint density at radius 1 is 1.26 bits per heavy atom. The van der Waals surface area contributed by atoms with E-state index >= 15 is 0 Å². The Balaban J connectivity index is 0.00000242. The van der Waals surface area contributed by atoms with Gasteiger partial charge in [0, 0.05) is 24.2 Å². The van der Waals surface area contributed by atoms with E-state index in [-0.39, 0.29) is 24.8 Å². The zero-order valence-electron chi connectivity index (χ0n) is 13.8. The second-order valence-corrected chi connectivity index (χ2v) is 5.63. The first kappa shape index (κ1) is 22.1. The van der Waals surface area contributed by atoms with E-state index in [0.717, 1.165) is 30.9 Å². The average molecular weight is 359 g/mol. The first-order valence-electron chi connectivity index (χ1n) is 8.18. The molecule has 1 aromatic heterocycles. The van der Waals surface area contributed by atoms with Crippen LogP contribution < -0.4 is 10.1 Å². The smallest absolute Gasteiger partial charge is 0.138 e. The maximum atomic E-state index is 5.80. The van der Waals surface area contributed by atoms with Gasteiger partial charge in [0.25, 0.3) is 0 Å². The van der Waals surface area contributed by atoms with Gasteiger partial charge in [0.05, 0.1) is 6.20 Å². The highest BCUT2D eigenvalue weighted by Crippen LogP contribution is 2.13. The Morgan fingerprint density at radius 3 is 2.87 bits per heavy atom. The van der Waals surface area contributed by atoms with Crippen LogP contribution in [0.5, 0.6) is 5.75 Å². The molecule has 3 nitrogen and oxygen atoms in total. The molecule has 1 fully saturated rings. The average Bonchev–Trinajstić information content (AvgIpc) is 3.03. The molecule has 130 valence electrons. The SMILES string of the molecule is CCCCCCC#Cc1cncc(OC[C@@H]2CCCN2)c1.Cl.Cl. The summed E-state index contributed by atoms with van der Waals surface area (Å²) in [6.45, 7) is 4.05. The molecule has 0 spiro atoms. The van der Waals surface area contributed by atoms with Gasteiger partial charge < -0.3 is 10.1 Å². The summed E-state index contributed by atoms with van der Waals surface area (Å²) in [6, 6.07) is 2.47. The number of pyridine rings is 1. The molecule has 1 atom stereocenters. The summed E-state index contributed by atoms with van der Waals surface area (Å²) in [6.07, 6.45) is 12.0. The van der Waals surface area contributed by atoms with E-state index in [1.807, 2.05) is 6.07 Å². The van der Waals surface area contributed by atoms with E-state index in [1.54, 1.807) is 12.4 Å². The summed E-state index contributed by atoms with van der Waals surface area (Å²) in [7, 11) is 0. The maximum absolute atomic E-state index is 5.80. The molecule has 5 heteroatoms. The lowest BCUT2D eigenvalue weighted by Crippen LogP contribution is -2.28. The number of nitrogens with one attached hydrogen (secondary N) is 1. The lowest BCUT2D eigenvalue weighted by Gasteiger charge is -2.11. The molecule has 0 aromatic carbocycles. The first-order valence-corrected chi connectivity index (χ1v) is 8.18. The van der Waals surface area contributed by atoms with Crippen molar-refractivity contribution in [1.82, 2.24) is 10.3 Å². The van der Waals surface area contributed by atoms with Crippen molar-refractivity contribution in [2.75, 3.05) is 13.2 Å². The van der Waals surface area contributed by atoms with Crippen molar-refractivity contribution in [3.05, 3.63) is 24.0 Å². The monoisotopic (exact) mass is 358 g/mol. The second kappa shape index (κ2) is 13.5. The number of halogens is 2. The van der Waals surface area contributed by atoms with Crippen LogP contribution in [0.1, 0.15) is 57.4 Å². The summed E-state index contributed by atoms with van der Waals surface area (Å²) >= 11 is 0. The van der Waals surface area contributed by atoms with Crippen molar-refractivity contribution < 1.29 is 4.74 Å². The number of hydrogen-bond donors (Lipinski definition) is 1. The lowest BCUT2D eigenvalue weighted by atomic mass is 10.1. The summed E-state index contributed by atoms with van der Waals surface area (Å²) in [4.78, 5) is 4.21. The topological polar surface area (TPSA) is 34.1 Å². The van der Waals surface area contributed by atoms with Gasteiger partial charge in [0.15, 0.2) is 0 Å². The van der Waals surface area contributed by atoms with Crippen molar-refractivity contribution in [2.24, 2.45) is 0 Å². The molecule has 2 heterocycles. The molecular weight excluding hydrogens is 331 g/mol. The van der Waals surface area contributed by atoms with Crippen molar-refractivity contribution in [1.29, 1.82) is 0 Å². The minimum atomic E-state index is 0. The van der Waals surface area contributed by atoms with E-state index in [9.17, 15) is 0 Å². The third-order valence-corrected chi connectivity index (χ3v) is 3.71. The zero-order chi connectivity index (χ0) is 14.8. The van der Waals surface area contributed by atoms with Crippen LogP contribution in [0.2, 0.25) is 0 Å². The number of nitrogens with zero attached hydrogens (tertiary/aromatic N) is 1. The third-order valence-electron chi connectivity index (χ3n) is 3.71. The van der Waals surface area contributed by atoms with Crippen LogP contribution >= 0.6 is 24.8 Å². The molecule has 0 radical (unpaired) electrons. The largest absolute Gasteiger partial charge is 0.490 e. The Bertz CT molecular complexity index is 479. The molecule has 0 amide bonds. The summed E-state index contributed by atoms with van der Waals surface area (Å²) in [5.41, 5.74) is 0.947. The molecule has 1 aromatic rings. The van der Waals surface area contributed by atoms with E-state index in [4.69, 9.17) is 4.74 Å². The third kappa shape index (κ3) is 9.05. The van der Waals surface area contributed by atoms with E-state index in [1.165, 1.54) is 38.5 Å². The van der Waals surface area contributed by atoms with Crippen LogP contribution in [0.25, 0.3) is 0 Å². The molecule has 1 aliphatic rings. The Morgan fingerprint density at radius 2 is 2.13 bits per heavy atom. The quantitative estimate of drug-likeness (QED) is 0.580. The van der Waals surface area contributed by atoms with Crippen LogP contribution in [-0.2, 0) is 0 Å². The van der Waals surface area contributed by atoms with Gasteiger partial charge in [-0.3, -0.25) is 4.98 Å². The zero-order valence-corrected chi connectivity index (χ0v) is 15.5. The Labute approximate surface area is 152 Å². The first-order chi connectivity index (χ1) is 10.4. The number of rotatable bonds is 7. The minimum absolute atomic E-state index is 0. The fourth-order valence-electron chi connectivity index (χ4n) is 2.47. The molecule has 0 saturated carbocycles. The number of ether oxygens (including phenoxy) is 1. The molecule has 1 aliphatic heterocycles. The number of unbranched alkanes of at least 4 members (excludes halogenated alkanes) is 4. The van der Waals surface area contributed by atoms with Crippen molar-refractivity contribution >= 4 is 24.8 Å². The van der Waals surface area contributed by atoms with Crippen LogP contribution in [0.3, 0.4) is 0 Å². The molecule has 1 N–H and O–H groups in total. The highest BCUT2D eigenvalue weighted by atomic mass is 35.5. The fourth-order valence-corrected chi connectivity index (χ4v) is 2.47. The molecule has 23 heavy (non-hydrogen) atoms. The molecular formula is C18H28Cl2N2O. The standard InChI is InChI=1S/C18H26N2O.2ClH/c1-2-3-4-5-6-7-9-16-12-18(14-19-13-16)21-15-17-10-8-11-20-17;;/h12-14,17,20H,2-6,8,10-11,15H2,1H3;2*1H/t17-;;/m0../s1. The van der Waals surface area contributed by atoms with Gasteiger partial charge in [-0.1, -0.05) is 38.0 Å². The summed E-state index contributed by atoms with van der Waals surface area (Å²) in [5, 5.41) is 3.43. The van der Waals surface area contributed by atoms with Gasteiger partial charge in [-0.05, 0) is 31.9 Å². The maximum Gasteiger partial charge on any atom is 0.138 e. The van der Waals surface area contributed by atoms with E-state index in [2.05, 4.69) is 29.1 Å². The van der Waals surface area contributed by atoms with Gasteiger partial charge in [0.2, 0.25) is 0 Å². The lowest BCUT2D eigenvalue weighted by molar-refractivity contribution is 0.276. The van der Waals surface area contributed by atoms with Gasteiger partial charge in [-0.15, -0.1) is 24.8 Å². The van der Waals surface area contributed by atoms with Crippen LogP contribution in [0.4, 0.5) is 0 Å². The van der Waals surface area contributed by atoms with E-state index < -0.39 is 0 Å².